The van der Waals surface area contributed by atoms with Crippen LogP contribution in [0.15, 0.2) is 40.1 Å². The fraction of sp³-hybridized carbons (Fsp3) is 0.304. The highest BCUT2D eigenvalue weighted by atomic mass is 32.2. The molecule has 0 saturated carbocycles. The van der Waals surface area contributed by atoms with E-state index < -0.39 is 0 Å². The molecule has 28 heavy (non-hydrogen) atoms. The standard InChI is InChI=1S/C23H22N2S3/c1-15(2)9-12-28-23-19(14-24)21(20-6-4-11-27-20)18-8-7-16(22(18)25-23)13-17-5-3-10-26-17/h3-6,10-11,13,15H,7-9,12H2,1-2H3. The summed E-state index contributed by atoms with van der Waals surface area (Å²) in [5.41, 5.74) is 5.51. The van der Waals surface area contributed by atoms with Crippen LogP contribution >= 0.6 is 34.4 Å². The van der Waals surface area contributed by atoms with Crippen molar-refractivity contribution in [3.8, 4) is 16.5 Å². The monoisotopic (exact) mass is 422 g/mol. The Kier molecular flexibility index (Phi) is 6.01. The summed E-state index contributed by atoms with van der Waals surface area (Å²) >= 11 is 5.20. The number of hydrogen-bond donors (Lipinski definition) is 0. The Morgan fingerprint density at radius 3 is 2.71 bits per heavy atom. The number of thioether (sulfide) groups is 1. The molecule has 1 aliphatic carbocycles. The number of aromatic nitrogens is 1. The molecule has 1 aliphatic rings. The van der Waals surface area contributed by atoms with Gasteiger partial charge in [-0.05, 0) is 71.0 Å². The average Bonchev–Trinajstić information content (AvgIpc) is 3.43. The van der Waals surface area contributed by atoms with Crippen LogP contribution in [0.2, 0.25) is 0 Å². The lowest BCUT2D eigenvalue weighted by atomic mass is 10.0. The Hall–Kier alpha value is -1.87. The van der Waals surface area contributed by atoms with Crippen molar-refractivity contribution in [2.24, 2.45) is 5.92 Å². The molecule has 0 bridgehead atoms. The van der Waals surface area contributed by atoms with E-state index in [1.807, 2.05) is 0 Å². The second-order valence-corrected chi connectivity index (χ2v) is 10.3. The van der Waals surface area contributed by atoms with Gasteiger partial charge in [-0.3, -0.25) is 0 Å². The van der Waals surface area contributed by atoms with E-state index in [1.54, 1.807) is 34.4 Å². The molecule has 0 unspecified atom stereocenters. The molecule has 142 valence electrons. The van der Waals surface area contributed by atoms with Gasteiger partial charge in [-0.15, -0.1) is 34.4 Å². The normalized spacial score (nSPS) is 14.6. The topological polar surface area (TPSA) is 36.7 Å². The average molecular weight is 423 g/mol. The number of allylic oxidation sites excluding steroid dienone is 1. The fourth-order valence-electron chi connectivity index (χ4n) is 3.47. The maximum atomic E-state index is 10.00. The highest BCUT2D eigenvalue weighted by Crippen LogP contribution is 2.44. The van der Waals surface area contributed by atoms with Crippen molar-refractivity contribution in [1.82, 2.24) is 4.98 Å². The molecule has 2 nitrogen and oxygen atoms in total. The second kappa shape index (κ2) is 8.65. The van der Waals surface area contributed by atoms with Gasteiger partial charge < -0.3 is 0 Å². The molecule has 0 aliphatic heterocycles. The van der Waals surface area contributed by atoms with E-state index in [0.717, 1.165) is 46.9 Å². The van der Waals surface area contributed by atoms with Crippen LogP contribution in [-0.2, 0) is 6.42 Å². The molecule has 3 aromatic rings. The smallest absolute Gasteiger partial charge is 0.115 e. The van der Waals surface area contributed by atoms with Crippen LogP contribution in [0.5, 0.6) is 0 Å². The maximum Gasteiger partial charge on any atom is 0.115 e. The SMILES string of the molecule is CC(C)CCSc1nc2c(c(-c3cccs3)c1C#N)CCC2=Cc1cccs1. The first-order valence-corrected chi connectivity index (χ1v) is 12.3. The van der Waals surface area contributed by atoms with Crippen molar-refractivity contribution in [2.75, 3.05) is 5.75 Å². The molecular formula is C23H22N2S3. The lowest BCUT2D eigenvalue weighted by Gasteiger charge is -2.14. The molecule has 0 radical (unpaired) electrons. The van der Waals surface area contributed by atoms with Gasteiger partial charge in [0.2, 0.25) is 0 Å². The van der Waals surface area contributed by atoms with E-state index in [1.165, 1.54) is 20.9 Å². The largest absolute Gasteiger partial charge is 0.240 e. The molecule has 4 rings (SSSR count). The first-order chi connectivity index (χ1) is 13.7. The summed E-state index contributed by atoms with van der Waals surface area (Å²) in [6.07, 6.45) is 5.35. The predicted octanol–water partition coefficient (Wildman–Crippen LogP) is 7.37. The Balaban J connectivity index is 1.84. The van der Waals surface area contributed by atoms with Crippen molar-refractivity contribution in [1.29, 1.82) is 5.26 Å². The summed E-state index contributed by atoms with van der Waals surface area (Å²) in [4.78, 5) is 7.48. The van der Waals surface area contributed by atoms with Gasteiger partial charge in [-0.2, -0.15) is 5.26 Å². The predicted molar refractivity (Wildman–Crippen MR) is 123 cm³/mol. The molecule has 0 amide bonds. The van der Waals surface area contributed by atoms with Crippen molar-refractivity contribution < 1.29 is 0 Å². The van der Waals surface area contributed by atoms with Gasteiger partial charge in [0, 0.05) is 15.3 Å². The summed E-state index contributed by atoms with van der Waals surface area (Å²) in [6.45, 7) is 4.47. The summed E-state index contributed by atoms with van der Waals surface area (Å²) in [5.74, 6) is 1.64. The van der Waals surface area contributed by atoms with E-state index in [0.29, 0.717) is 5.92 Å². The first-order valence-electron chi connectivity index (χ1n) is 9.55. The van der Waals surface area contributed by atoms with Gasteiger partial charge in [0.25, 0.3) is 0 Å². The summed E-state index contributed by atoms with van der Waals surface area (Å²) in [6, 6.07) is 10.9. The van der Waals surface area contributed by atoms with Crippen molar-refractivity contribution in [3.05, 3.63) is 56.7 Å². The Labute approximate surface area is 179 Å². The molecule has 0 N–H and O–H groups in total. The minimum absolute atomic E-state index is 0.651. The molecule has 0 fully saturated rings. The molecular weight excluding hydrogens is 400 g/mol. The summed E-state index contributed by atoms with van der Waals surface area (Å²) in [5, 5.41) is 15.1. The highest BCUT2D eigenvalue weighted by Gasteiger charge is 2.27. The quantitative estimate of drug-likeness (QED) is 0.389. The van der Waals surface area contributed by atoms with E-state index >= 15 is 0 Å². The van der Waals surface area contributed by atoms with Crippen molar-refractivity contribution in [2.45, 2.75) is 38.1 Å². The lowest BCUT2D eigenvalue weighted by molar-refractivity contribution is 0.632. The summed E-state index contributed by atoms with van der Waals surface area (Å²) < 4.78 is 0. The third-order valence-electron chi connectivity index (χ3n) is 4.89. The van der Waals surface area contributed by atoms with Crippen LogP contribution in [0.1, 0.15) is 48.4 Å². The minimum Gasteiger partial charge on any atom is -0.240 e. The molecule has 0 spiro atoms. The van der Waals surface area contributed by atoms with Crippen LogP contribution < -0.4 is 0 Å². The molecule has 5 heteroatoms. The van der Waals surface area contributed by atoms with Crippen LogP contribution in [0.4, 0.5) is 0 Å². The van der Waals surface area contributed by atoms with Crippen molar-refractivity contribution >= 4 is 46.1 Å². The van der Waals surface area contributed by atoms with Gasteiger partial charge in [0.15, 0.2) is 0 Å². The minimum atomic E-state index is 0.651. The number of fused-ring (bicyclic) bond motifs is 1. The Bertz CT molecular complexity index is 1020. The molecule has 0 aromatic carbocycles. The molecule has 3 heterocycles. The Morgan fingerprint density at radius 1 is 1.21 bits per heavy atom. The van der Waals surface area contributed by atoms with Gasteiger partial charge in [-0.25, -0.2) is 4.98 Å². The zero-order valence-electron chi connectivity index (χ0n) is 16.1. The third kappa shape index (κ3) is 3.96. The van der Waals surface area contributed by atoms with Crippen LogP contribution in [0, 0.1) is 17.2 Å². The number of pyridine rings is 1. The molecule has 0 atom stereocenters. The maximum absolute atomic E-state index is 10.00. The Morgan fingerprint density at radius 2 is 2.04 bits per heavy atom. The van der Waals surface area contributed by atoms with E-state index in [2.05, 4.69) is 61.0 Å². The van der Waals surface area contributed by atoms with Gasteiger partial charge in [0.1, 0.15) is 11.1 Å². The van der Waals surface area contributed by atoms with Gasteiger partial charge in [0.05, 0.1) is 11.3 Å². The zero-order chi connectivity index (χ0) is 19.5. The number of nitrogens with zero attached hydrogens (tertiary/aromatic N) is 2. The van der Waals surface area contributed by atoms with Gasteiger partial charge >= 0.3 is 0 Å². The highest BCUT2D eigenvalue weighted by molar-refractivity contribution is 7.99. The third-order valence-corrected chi connectivity index (χ3v) is 7.60. The zero-order valence-corrected chi connectivity index (χ0v) is 18.5. The first kappa shape index (κ1) is 19.4. The van der Waals surface area contributed by atoms with Crippen LogP contribution in [0.25, 0.3) is 22.1 Å². The number of hydrogen-bond acceptors (Lipinski definition) is 5. The van der Waals surface area contributed by atoms with Crippen LogP contribution in [0.3, 0.4) is 0 Å². The molecule has 0 saturated heterocycles. The van der Waals surface area contributed by atoms with Crippen LogP contribution in [-0.4, -0.2) is 10.7 Å². The number of thiophene rings is 2. The second-order valence-electron chi connectivity index (χ2n) is 7.30. The summed E-state index contributed by atoms with van der Waals surface area (Å²) in [7, 11) is 0. The van der Waals surface area contributed by atoms with Crippen molar-refractivity contribution in [3.63, 3.8) is 0 Å². The molecule has 3 aromatic heterocycles. The van der Waals surface area contributed by atoms with Gasteiger partial charge in [-0.1, -0.05) is 26.0 Å². The lowest BCUT2D eigenvalue weighted by Crippen LogP contribution is -2.00. The fourth-order valence-corrected chi connectivity index (χ4v) is 6.18. The van der Waals surface area contributed by atoms with E-state index in [4.69, 9.17) is 4.98 Å². The number of rotatable bonds is 6. The van der Waals surface area contributed by atoms with E-state index in [9.17, 15) is 5.26 Å². The van der Waals surface area contributed by atoms with E-state index in [-0.39, 0.29) is 0 Å². The number of nitriles is 1.